The second-order valence-electron chi connectivity index (χ2n) is 3.85. The molecule has 0 aliphatic carbocycles. The molecule has 1 aromatic carbocycles. The zero-order chi connectivity index (χ0) is 13.4. The lowest BCUT2D eigenvalue weighted by atomic mass is 10.3. The van der Waals surface area contributed by atoms with Crippen molar-refractivity contribution in [1.29, 1.82) is 0 Å². The van der Waals surface area contributed by atoms with Crippen LogP contribution in [-0.2, 0) is 19.3 Å². The molecular weight excluding hydrogens is 254 g/mol. The van der Waals surface area contributed by atoms with Gasteiger partial charge in [0.1, 0.15) is 0 Å². The first-order valence-electron chi connectivity index (χ1n) is 5.71. The molecule has 1 aromatic rings. The minimum Gasteiger partial charge on any atom is -0.399 e. The highest BCUT2D eigenvalue weighted by Crippen LogP contribution is 2.14. The molecule has 0 bridgehead atoms. The summed E-state index contributed by atoms with van der Waals surface area (Å²) in [5.74, 6) is 0.0733. The summed E-state index contributed by atoms with van der Waals surface area (Å²) in [7, 11) is -1.64. The molecule has 0 saturated heterocycles. The van der Waals surface area contributed by atoms with E-state index < -0.39 is 9.84 Å². The third-order valence-electron chi connectivity index (χ3n) is 2.37. The van der Waals surface area contributed by atoms with Gasteiger partial charge in [0.2, 0.25) is 0 Å². The van der Waals surface area contributed by atoms with Gasteiger partial charge in [0.15, 0.2) is 9.84 Å². The molecule has 0 aromatic heterocycles. The first-order chi connectivity index (χ1) is 8.56. The number of sulfone groups is 1. The van der Waals surface area contributed by atoms with E-state index in [1.165, 1.54) is 12.1 Å². The van der Waals surface area contributed by atoms with Crippen LogP contribution in [0.5, 0.6) is 0 Å². The summed E-state index contributed by atoms with van der Waals surface area (Å²) in [6, 6.07) is 6.22. The van der Waals surface area contributed by atoms with Gasteiger partial charge in [0, 0.05) is 19.4 Å². The molecule has 0 spiro atoms. The fourth-order valence-electron chi connectivity index (χ4n) is 1.39. The predicted octanol–water partition coefficient (Wildman–Crippen LogP) is 1.10. The first-order valence-corrected chi connectivity index (χ1v) is 7.36. The van der Waals surface area contributed by atoms with Gasteiger partial charge in [-0.2, -0.15) is 0 Å². The molecule has 0 unspecified atom stereocenters. The van der Waals surface area contributed by atoms with Gasteiger partial charge in [-0.05, 0) is 30.7 Å². The molecular formula is C12H19NO4S. The Hall–Kier alpha value is -1.11. The van der Waals surface area contributed by atoms with Crippen LogP contribution in [-0.4, -0.2) is 41.1 Å². The number of anilines is 1. The van der Waals surface area contributed by atoms with E-state index in [2.05, 4.69) is 0 Å². The first kappa shape index (κ1) is 14.9. The lowest BCUT2D eigenvalue weighted by Gasteiger charge is -2.06. The lowest BCUT2D eigenvalue weighted by molar-refractivity contribution is 0.0712. The monoisotopic (exact) mass is 273 g/mol. The third-order valence-corrected chi connectivity index (χ3v) is 4.19. The van der Waals surface area contributed by atoms with Crippen LogP contribution in [0.1, 0.15) is 6.42 Å². The maximum Gasteiger partial charge on any atom is 0.178 e. The molecule has 1 rings (SSSR count). The van der Waals surface area contributed by atoms with Gasteiger partial charge >= 0.3 is 0 Å². The Balaban J connectivity index is 2.38. The van der Waals surface area contributed by atoms with E-state index >= 15 is 0 Å². The topological polar surface area (TPSA) is 78.6 Å². The number of hydrogen-bond acceptors (Lipinski definition) is 5. The van der Waals surface area contributed by atoms with Crippen LogP contribution < -0.4 is 5.73 Å². The van der Waals surface area contributed by atoms with E-state index in [9.17, 15) is 8.42 Å². The van der Waals surface area contributed by atoms with Crippen LogP contribution >= 0.6 is 0 Å². The van der Waals surface area contributed by atoms with Crippen molar-refractivity contribution < 1.29 is 17.9 Å². The van der Waals surface area contributed by atoms with Crippen LogP contribution in [0.2, 0.25) is 0 Å². The summed E-state index contributed by atoms with van der Waals surface area (Å²) in [5, 5.41) is 0. The molecule has 0 atom stereocenters. The fraction of sp³-hybridized carbons (Fsp3) is 0.500. The molecule has 5 nitrogen and oxygen atoms in total. The maximum absolute atomic E-state index is 11.9. The molecule has 0 aliphatic heterocycles. The average Bonchev–Trinajstić information content (AvgIpc) is 2.34. The summed E-state index contributed by atoms with van der Waals surface area (Å²) < 4.78 is 33.9. The number of nitrogens with two attached hydrogens (primary N) is 1. The van der Waals surface area contributed by atoms with Crippen LogP contribution in [0.15, 0.2) is 29.2 Å². The van der Waals surface area contributed by atoms with E-state index in [4.69, 9.17) is 15.2 Å². The van der Waals surface area contributed by atoms with E-state index in [0.717, 1.165) is 0 Å². The highest BCUT2D eigenvalue weighted by molar-refractivity contribution is 7.91. The van der Waals surface area contributed by atoms with Gasteiger partial charge in [-0.3, -0.25) is 0 Å². The summed E-state index contributed by atoms with van der Waals surface area (Å²) in [4.78, 5) is 0.300. The van der Waals surface area contributed by atoms with E-state index in [1.807, 2.05) is 0 Å². The second kappa shape index (κ2) is 7.35. The van der Waals surface area contributed by atoms with Crippen molar-refractivity contribution >= 4 is 15.5 Å². The van der Waals surface area contributed by atoms with E-state index in [-0.39, 0.29) is 5.75 Å². The minimum absolute atomic E-state index is 0.0733. The van der Waals surface area contributed by atoms with Gasteiger partial charge in [0.25, 0.3) is 0 Å². The van der Waals surface area contributed by atoms with Gasteiger partial charge in [-0.15, -0.1) is 0 Å². The minimum atomic E-state index is -3.24. The highest BCUT2D eigenvalue weighted by Gasteiger charge is 2.13. The number of methoxy groups -OCH3 is 1. The Morgan fingerprint density at radius 1 is 1.11 bits per heavy atom. The molecule has 0 heterocycles. The fourth-order valence-corrected chi connectivity index (χ4v) is 2.67. The Labute approximate surface area is 108 Å². The smallest absolute Gasteiger partial charge is 0.178 e. The maximum atomic E-state index is 11.9. The molecule has 6 heteroatoms. The Morgan fingerprint density at radius 3 is 2.39 bits per heavy atom. The molecule has 0 radical (unpaired) electrons. The molecule has 0 aliphatic rings. The van der Waals surface area contributed by atoms with E-state index in [0.29, 0.717) is 36.8 Å². The summed E-state index contributed by atoms with van der Waals surface area (Å²) in [6.45, 7) is 1.42. The number of ether oxygens (including phenoxy) is 2. The van der Waals surface area contributed by atoms with Gasteiger partial charge < -0.3 is 15.2 Å². The van der Waals surface area contributed by atoms with Crippen LogP contribution in [0.25, 0.3) is 0 Å². The van der Waals surface area contributed by atoms with E-state index in [1.54, 1.807) is 19.2 Å². The second-order valence-corrected chi connectivity index (χ2v) is 5.96. The Morgan fingerprint density at radius 2 is 1.78 bits per heavy atom. The zero-order valence-corrected chi connectivity index (χ0v) is 11.3. The zero-order valence-electron chi connectivity index (χ0n) is 10.5. The van der Waals surface area contributed by atoms with Gasteiger partial charge in [0.05, 0.1) is 23.9 Å². The molecule has 0 fully saturated rings. The lowest BCUT2D eigenvalue weighted by Crippen LogP contribution is -2.11. The van der Waals surface area contributed by atoms with Gasteiger partial charge in [-0.1, -0.05) is 0 Å². The van der Waals surface area contributed by atoms with Crippen LogP contribution in [0, 0.1) is 0 Å². The molecule has 0 saturated carbocycles. The molecule has 2 N–H and O–H groups in total. The quantitative estimate of drug-likeness (QED) is 0.566. The third kappa shape index (κ3) is 5.03. The van der Waals surface area contributed by atoms with Crippen molar-refractivity contribution in [3.8, 4) is 0 Å². The van der Waals surface area contributed by atoms with Crippen LogP contribution in [0.4, 0.5) is 5.69 Å². The van der Waals surface area contributed by atoms with Crippen molar-refractivity contribution in [3.63, 3.8) is 0 Å². The van der Waals surface area contributed by atoms with Crippen molar-refractivity contribution in [2.24, 2.45) is 0 Å². The summed E-state index contributed by atoms with van der Waals surface area (Å²) >= 11 is 0. The normalized spacial score (nSPS) is 11.6. The van der Waals surface area contributed by atoms with Crippen LogP contribution in [0.3, 0.4) is 0 Å². The van der Waals surface area contributed by atoms with Crippen molar-refractivity contribution in [2.45, 2.75) is 11.3 Å². The Kier molecular flexibility index (Phi) is 6.11. The number of rotatable bonds is 8. The standard InChI is InChI=1S/C12H19NO4S/c1-16-8-9-17-7-2-10-18(14,15)12-5-3-11(13)4-6-12/h3-6H,2,7-10,13H2,1H3. The average molecular weight is 273 g/mol. The summed E-state index contributed by atoms with van der Waals surface area (Å²) in [6.07, 6.45) is 0.469. The molecule has 102 valence electrons. The van der Waals surface area contributed by atoms with Gasteiger partial charge in [-0.25, -0.2) is 8.42 Å². The number of nitrogen functional groups attached to an aromatic ring is 1. The number of benzene rings is 1. The van der Waals surface area contributed by atoms with Crippen molar-refractivity contribution in [1.82, 2.24) is 0 Å². The van der Waals surface area contributed by atoms with Crippen molar-refractivity contribution in [2.75, 3.05) is 38.4 Å². The number of hydrogen-bond donors (Lipinski definition) is 1. The highest BCUT2D eigenvalue weighted by atomic mass is 32.2. The Bertz CT molecular complexity index is 442. The van der Waals surface area contributed by atoms with Crippen molar-refractivity contribution in [3.05, 3.63) is 24.3 Å². The molecule has 0 amide bonds. The summed E-state index contributed by atoms with van der Waals surface area (Å²) in [5.41, 5.74) is 6.06. The molecule has 18 heavy (non-hydrogen) atoms. The SMILES string of the molecule is COCCOCCCS(=O)(=O)c1ccc(N)cc1. The predicted molar refractivity (Wildman–Crippen MR) is 70.2 cm³/mol. The largest absolute Gasteiger partial charge is 0.399 e.